The lowest BCUT2D eigenvalue weighted by atomic mass is 9.90. The monoisotopic (exact) mass is 1240 g/mol. The van der Waals surface area contributed by atoms with Gasteiger partial charge in [0.25, 0.3) is 0 Å². The number of fused-ring (bicyclic) bond motifs is 13. The molecule has 456 valence electrons. The average molecular weight is 1250 g/mol. The summed E-state index contributed by atoms with van der Waals surface area (Å²) < 4.78 is 9.78. The van der Waals surface area contributed by atoms with E-state index in [0.717, 1.165) is 78.2 Å². The Balaban J connectivity index is 0.707. The zero-order chi connectivity index (χ0) is 64.4. The second-order valence-electron chi connectivity index (χ2n) is 26.0. The van der Waals surface area contributed by atoms with E-state index in [2.05, 4.69) is 382 Å². The number of hydrogen-bond donors (Lipinski definition) is 0. The van der Waals surface area contributed by atoms with Gasteiger partial charge in [-0.05, 0) is 199 Å². The smallest absolute Gasteiger partial charge is 0.0546 e. The topological polar surface area (TPSA) is 19.7 Å². The van der Waals surface area contributed by atoms with Gasteiger partial charge in [0.15, 0.2) is 0 Å². The number of para-hydroxylation sites is 5. The fraction of sp³-hybridized carbons (Fsp3) is 0. The van der Waals surface area contributed by atoms with Crippen molar-refractivity contribution in [1.82, 2.24) is 18.3 Å². The van der Waals surface area contributed by atoms with Crippen LogP contribution in [0.5, 0.6) is 0 Å². The van der Waals surface area contributed by atoms with Crippen LogP contribution < -0.4 is 0 Å². The third-order valence-electron chi connectivity index (χ3n) is 20.5. The van der Waals surface area contributed by atoms with Crippen molar-refractivity contribution in [3.8, 4) is 89.5 Å². The van der Waals surface area contributed by atoms with Crippen LogP contribution in [0.25, 0.3) is 188 Å². The van der Waals surface area contributed by atoms with Crippen LogP contribution in [0.3, 0.4) is 0 Å². The fourth-order valence-electron chi connectivity index (χ4n) is 16.0. The first-order chi connectivity index (χ1) is 48.6. The molecule has 0 spiro atoms. The minimum Gasteiger partial charge on any atom is -0.309 e. The van der Waals surface area contributed by atoms with E-state index in [4.69, 9.17) is 0 Å². The van der Waals surface area contributed by atoms with Crippen molar-refractivity contribution in [3.05, 3.63) is 364 Å². The van der Waals surface area contributed by atoms with E-state index in [1.54, 1.807) is 0 Å². The predicted molar refractivity (Wildman–Crippen MR) is 414 cm³/mol. The maximum atomic E-state index is 2.50. The highest BCUT2D eigenvalue weighted by molar-refractivity contribution is 6.15. The molecule has 0 saturated heterocycles. The van der Waals surface area contributed by atoms with Crippen molar-refractivity contribution in [3.63, 3.8) is 0 Å². The van der Waals surface area contributed by atoms with Crippen LogP contribution >= 0.6 is 0 Å². The van der Waals surface area contributed by atoms with Crippen molar-refractivity contribution < 1.29 is 0 Å². The Labute approximate surface area is 566 Å². The molecule has 0 unspecified atom stereocenters. The van der Waals surface area contributed by atoms with Gasteiger partial charge < -0.3 is 18.3 Å². The number of rotatable bonds is 10. The average Bonchev–Trinajstić information content (AvgIpc) is 1.60. The third kappa shape index (κ3) is 8.85. The van der Waals surface area contributed by atoms with E-state index in [-0.39, 0.29) is 0 Å². The second-order valence-corrected chi connectivity index (χ2v) is 26.0. The molecule has 0 aliphatic heterocycles. The summed E-state index contributed by atoms with van der Waals surface area (Å²) in [5.41, 5.74) is 27.9. The zero-order valence-corrected chi connectivity index (χ0v) is 53.4. The maximum absolute atomic E-state index is 2.50. The quantitative estimate of drug-likeness (QED) is 0.130. The Bertz CT molecular complexity index is 6600. The van der Waals surface area contributed by atoms with Crippen LogP contribution in [-0.4, -0.2) is 18.3 Å². The fourth-order valence-corrected chi connectivity index (χ4v) is 16.0. The van der Waals surface area contributed by atoms with Crippen LogP contribution in [0.2, 0.25) is 0 Å². The first-order valence-electron chi connectivity index (χ1n) is 33.8. The van der Waals surface area contributed by atoms with E-state index in [0.29, 0.717) is 0 Å². The molecule has 4 heterocycles. The van der Waals surface area contributed by atoms with Gasteiger partial charge in [0, 0.05) is 65.7 Å². The van der Waals surface area contributed by atoms with E-state index in [1.165, 1.54) is 109 Å². The largest absolute Gasteiger partial charge is 0.309 e. The van der Waals surface area contributed by atoms with E-state index >= 15 is 0 Å². The van der Waals surface area contributed by atoms with Gasteiger partial charge in [-0.1, -0.05) is 237 Å². The molecule has 20 aromatic rings. The molecule has 4 aromatic heterocycles. The summed E-state index contributed by atoms with van der Waals surface area (Å²) in [5, 5.41) is 12.3. The zero-order valence-electron chi connectivity index (χ0n) is 53.4. The Morgan fingerprint density at radius 3 is 1.06 bits per heavy atom. The lowest BCUT2D eigenvalue weighted by molar-refractivity contribution is 1.18. The number of hydrogen-bond acceptors (Lipinski definition) is 0. The molecule has 0 amide bonds. The molecule has 0 radical (unpaired) electrons. The molecule has 0 bridgehead atoms. The van der Waals surface area contributed by atoms with Gasteiger partial charge in [-0.2, -0.15) is 0 Å². The Kier molecular flexibility index (Phi) is 12.6. The van der Waals surface area contributed by atoms with Gasteiger partial charge in [0.1, 0.15) is 0 Å². The molecule has 0 fully saturated rings. The summed E-state index contributed by atoms with van der Waals surface area (Å²) in [7, 11) is 0. The summed E-state index contributed by atoms with van der Waals surface area (Å²) in [6, 6.07) is 135. The molecular weight excluding hydrogens is 1190 g/mol. The van der Waals surface area contributed by atoms with Crippen molar-refractivity contribution in [2.45, 2.75) is 0 Å². The van der Waals surface area contributed by atoms with E-state index < -0.39 is 0 Å². The van der Waals surface area contributed by atoms with Crippen molar-refractivity contribution in [2.24, 2.45) is 0 Å². The van der Waals surface area contributed by atoms with Crippen LogP contribution in [0.4, 0.5) is 0 Å². The molecule has 0 aliphatic carbocycles. The van der Waals surface area contributed by atoms with Crippen molar-refractivity contribution in [1.29, 1.82) is 0 Å². The van der Waals surface area contributed by atoms with Crippen LogP contribution in [0.1, 0.15) is 0 Å². The minimum atomic E-state index is 1.10. The molecule has 16 aromatic carbocycles. The Hall–Kier alpha value is -13.0. The first-order valence-corrected chi connectivity index (χ1v) is 33.8. The minimum absolute atomic E-state index is 1.10. The summed E-state index contributed by atoms with van der Waals surface area (Å²) in [6.07, 6.45) is 0. The van der Waals surface area contributed by atoms with Gasteiger partial charge in [-0.15, -0.1) is 0 Å². The van der Waals surface area contributed by atoms with Gasteiger partial charge >= 0.3 is 0 Å². The molecule has 0 atom stereocenters. The SMILES string of the molecule is c1ccc(-c2cc(-c3cccc(-c4cccc(-n5c6ccccc6c6cc(-c7ccc8c(c7)c7ccccc7n8-c7ccc8ccccc8c7)ccc65)c4-c4ccccc4)c3)cc(-n3c4ccccc4c4cc(-c5ccc6c(c5)c5ccccc5n6-c5ccccc5)ccc43)c2)cc1. The normalized spacial score (nSPS) is 11.9. The predicted octanol–water partition coefficient (Wildman–Crippen LogP) is 25.2. The third-order valence-corrected chi connectivity index (χ3v) is 20.5. The second kappa shape index (κ2) is 22.3. The van der Waals surface area contributed by atoms with Gasteiger partial charge in [-0.3, -0.25) is 0 Å². The summed E-state index contributed by atoms with van der Waals surface area (Å²) in [4.78, 5) is 0. The summed E-state index contributed by atoms with van der Waals surface area (Å²) >= 11 is 0. The van der Waals surface area contributed by atoms with Crippen LogP contribution in [0.15, 0.2) is 364 Å². The Morgan fingerprint density at radius 2 is 0.520 bits per heavy atom. The molecule has 0 saturated carbocycles. The van der Waals surface area contributed by atoms with Gasteiger partial charge in [0.05, 0.1) is 49.8 Å². The summed E-state index contributed by atoms with van der Waals surface area (Å²) in [6.45, 7) is 0. The van der Waals surface area contributed by atoms with Crippen molar-refractivity contribution >= 4 is 98.0 Å². The molecule has 98 heavy (non-hydrogen) atoms. The number of benzene rings is 16. The molecule has 0 N–H and O–H groups in total. The van der Waals surface area contributed by atoms with E-state index in [1.807, 2.05) is 0 Å². The van der Waals surface area contributed by atoms with Crippen LogP contribution in [0, 0.1) is 0 Å². The molecule has 4 heteroatoms. The Morgan fingerprint density at radius 1 is 0.153 bits per heavy atom. The van der Waals surface area contributed by atoms with Crippen molar-refractivity contribution in [2.75, 3.05) is 0 Å². The van der Waals surface area contributed by atoms with E-state index in [9.17, 15) is 0 Å². The molecule has 0 aliphatic rings. The first kappa shape index (κ1) is 55.4. The summed E-state index contributed by atoms with van der Waals surface area (Å²) in [5.74, 6) is 0. The van der Waals surface area contributed by atoms with Crippen LogP contribution in [-0.2, 0) is 0 Å². The maximum Gasteiger partial charge on any atom is 0.0546 e. The van der Waals surface area contributed by atoms with Gasteiger partial charge in [0.2, 0.25) is 0 Å². The highest BCUT2D eigenvalue weighted by atomic mass is 15.0. The lowest BCUT2D eigenvalue weighted by Gasteiger charge is -2.19. The lowest BCUT2D eigenvalue weighted by Crippen LogP contribution is -1.99. The van der Waals surface area contributed by atoms with Gasteiger partial charge in [-0.25, -0.2) is 0 Å². The number of aromatic nitrogens is 4. The highest BCUT2D eigenvalue weighted by Crippen LogP contribution is 2.46. The molecule has 4 nitrogen and oxygen atoms in total. The highest BCUT2D eigenvalue weighted by Gasteiger charge is 2.23. The molecule has 20 rings (SSSR count). The number of nitrogens with zero attached hydrogens (tertiary/aromatic N) is 4. The standard InChI is InChI=1S/C94H60N4/c1-4-22-61(23-5-1)71-53-72(56-75(55-71)97-87-39-18-14-34-79(87)83-59-68(45-50-91(83)97)66-43-48-89-81(57-66)77-32-12-16-37-85(77)95(89)73-30-8-3-9-31-73)64-28-20-29-70(52-64)76-36-21-41-93(94(76)63-25-6-2-7-26-63)98-88-40-19-15-35-80(88)84-60-69(46-51-92(84)98)67-44-49-90-82(58-67)78-33-13-17-38-86(78)96(90)74-47-42-62-24-10-11-27-65(62)54-74/h1-60H. The molecular formula is C94H60N4.